The molecule has 9 heteroatoms. The maximum atomic E-state index is 12.2. The number of methoxy groups -OCH3 is 1. The Labute approximate surface area is 173 Å². The van der Waals surface area contributed by atoms with Crippen LogP contribution in [-0.4, -0.2) is 30.8 Å². The molecule has 0 unspecified atom stereocenters. The third-order valence-corrected chi connectivity index (χ3v) is 4.92. The van der Waals surface area contributed by atoms with Gasteiger partial charge in [0.15, 0.2) is 6.61 Å². The standard InChI is InChI=1S/C19H15BrN2O5S/c1-26-14-4-2-3-13(9-14)21-17(23)10-27-15-6-5-12(20)7-11(15)8-16-18(24)22-19(25)28-16/h2-9H,10H2,1H3,(H,21,23)(H,22,24,25)/b16-8-. The molecule has 3 amide bonds. The van der Waals surface area contributed by atoms with Gasteiger partial charge in [0.2, 0.25) is 0 Å². The van der Waals surface area contributed by atoms with Gasteiger partial charge in [-0.25, -0.2) is 0 Å². The fourth-order valence-electron chi connectivity index (χ4n) is 2.37. The third kappa shape index (κ3) is 5.14. The van der Waals surface area contributed by atoms with Gasteiger partial charge in [-0.3, -0.25) is 19.7 Å². The monoisotopic (exact) mass is 462 g/mol. The zero-order chi connectivity index (χ0) is 20.1. The summed E-state index contributed by atoms with van der Waals surface area (Å²) in [6.45, 7) is -0.229. The second kappa shape index (κ2) is 8.94. The molecule has 28 heavy (non-hydrogen) atoms. The molecule has 1 aliphatic heterocycles. The summed E-state index contributed by atoms with van der Waals surface area (Å²) in [5.74, 6) is 0.223. The summed E-state index contributed by atoms with van der Waals surface area (Å²) in [5.41, 5.74) is 1.15. The number of benzene rings is 2. The summed E-state index contributed by atoms with van der Waals surface area (Å²) in [4.78, 5) is 35.5. The van der Waals surface area contributed by atoms with Crippen LogP contribution in [0, 0.1) is 0 Å². The number of hydrogen-bond acceptors (Lipinski definition) is 6. The molecular weight excluding hydrogens is 448 g/mol. The van der Waals surface area contributed by atoms with E-state index < -0.39 is 11.1 Å². The maximum absolute atomic E-state index is 12.2. The Kier molecular flexibility index (Phi) is 6.37. The van der Waals surface area contributed by atoms with Crippen molar-refractivity contribution in [3.8, 4) is 11.5 Å². The van der Waals surface area contributed by atoms with Gasteiger partial charge >= 0.3 is 0 Å². The van der Waals surface area contributed by atoms with E-state index in [9.17, 15) is 14.4 Å². The fourth-order valence-corrected chi connectivity index (χ4v) is 3.42. The lowest BCUT2D eigenvalue weighted by atomic mass is 10.2. The van der Waals surface area contributed by atoms with Crippen molar-refractivity contribution in [3.63, 3.8) is 0 Å². The number of nitrogens with one attached hydrogen (secondary N) is 2. The molecule has 3 rings (SSSR count). The topological polar surface area (TPSA) is 93.7 Å². The predicted octanol–water partition coefficient (Wildman–Crippen LogP) is 3.80. The van der Waals surface area contributed by atoms with Gasteiger partial charge in [-0.2, -0.15) is 0 Å². The minimum atomic E-state index is -0.461. The summed E-state index contributed by atoms with van der Waals surface area (Å²) >= 11 is 4.17. The third-order valence-electron chi connectivity index (χ3n) is 3.61. The van der Waals surface area contributed by atoms with Crippen LogP contribution in [0.15, 0.2) is 51.8 Å². The molecule has 2 aromatic rings. The fraction of sp³-hybridized carbons (Fsp3) is 0.105. The summed E-state index contributed by atoms with van der Waals surface area (Å²) in [5, 5.41) is 4.50. The van der Waals surface area contributed by atoms with Gasteiger partial charge in [-0.1, -0.05) is 22.0 Å². The van der Waals surface area contributed by atoms with Crippen LogP contribution < -0.4 is 20.1 Å². The molecule has 7 nitrogen and oxygen atoms in total. The first-order chi connectivity index (χ1) is 13.4. The van der Waals surface area contributed by atoms with Gasteiger partial charge in [0, 0.05) is 21.8 Å². The molecule has 0 bridgehead atoms. The van der Waals surface area contributed by atoms with Gasteiger partial charge in [-0.15, -0.1) is 0 Å². The van der Waals surface area contributed by atoms with E-state index in [1.165, 1.54) is 0 Å². The molecule has 1 fully saturated rings. The lowest BCUT2D eigenvalue weighted by Gasteiger charge is -2.11. The largest absolute Gasteiger partial charge is 0.497 e. The van der Waals surface area contributed by atoms with Crippen molar-refractivity contribution in [2.24, 2.45) is 0 Å². The number of carbonyl (C=O) groups excluding carboxylic acids is 3. The van der Waals surface area contributed by atoms with E-state index in [1.54, 1.807) is 55.7 Å². The van der Waals surface area contributed by atoms with E-state index in [0.717, 1.165) is 16.2 Å². The molecule has 0 spiro atoms. The van der Waals surface area contributed by atoms with Crippen LogP contribution in [0.1, 0.15) is 5.56 Å². The highest BCUT2D eigenvalue weighted by atomic mass is 79.9. The van der Waals surface area contributed by atoms with Gasteiger partial charge in [0.1, 0.15) is 11.5 Å². The number of imide groups is 1. The van der Waals surface area contributed by atoms with Gasteiger partial charge < -0.3 is 14.8 Å². The van der Waals surface area contributed by atoms with E-state index in [2.05, 4.69) is 26.6 Å². The van der Waals surface area contributed by atoms with Crippen LogP contribution in [0.4, 0.5) is 10.5 Å². The van der Waals surface area contributed by atoms with Crippen molar-refractivity contribution in [3.05, 3.63) is 57.4 Å². The highest BCUT2D eigenvalue weighted by Gasteiger charge is 2.25. The normalized spacial score (nSPS) is 14.7. The minimum Gasteiger partial charge on any atom is -0.497 e. The minimum absolute atomic E-state index is 0.229. The van der Waals surface area contributed by atoms with Crippen LogP contribution >= 0.6 is 27.7 Å². The molecule has 0 atom stereocenters. The molecule has 144 valence electrons. The number of thioether (sulfide) groups is 1. The Balaban J connectivity index is 1.70. The first-order valence-electron chi connectivity index (χ1n) is 8.06. The van der Waals surface area contributed by atoms with Crippen molar-refractivity contribution in [1.29, 1.82) is 0 Å². The average molecular weight is 463 g/mol. The van der Waals surface area contributed by atoms with Crippen molar-refractivity contribution >= 4 is 56.5 Å². The van der Waals surface area contributed by atoms with E-state index in [4.69, 9.17) is 9.47 Å². The van der Waals surface area contributed by atoms with Gasteiger partial charge in [-0.05, 0) is 48.2 Å². The molecule has 1 heterocycles. The molecule has 0 aliphatic carbocycles. The van der Waals surface area contributed by atoms with E-state index >= 15 is 0 Å². The lowest BCUT2D eigenvalue weighted by Crippen LogP contribution is -2.20. The smallest absolute Gasteiger partial charge is 0.290 e. The highest BCUT2D eigenvalue weighted by molar-refractivity contribution is 9.10. The van der Waals surface area contributed by atoms with E-state index in [0.29, 0.717) is 22.7 Å². The number of hydrogen-bond donors (Lipinski definition) is 2. The maximum Gasteiger partial charge on any atom is 0.290 e. The zero-order valence-electron chi connectivity index (χ0n) is 14.7. The van der Waals surface area contributed by atoms with Gasteiger partial charge in [0.05, 0.1) is 12.0 Å². The Hall–Kier alpha value is -2.78. The number of amides is 3. The summed E-state index contributed by atoms with van der Waals surface area (Å²) in [6.07, 6.45) is 1.55. The Bertz CT molecular complexity index is 977. The van der Waals surface area contributed by atoms with Crippen LogP contribution in [-0.2, 0) is 9.59 Å². The Morgan fingerprint density at radius 3 is 2.79 bits per heavy atom. The van der Waals surface area contributed by atoms with Crippen molar-refractivity contribution in [2.45, 2.75) is 0 Å². The van der Waals surface area contributed by atoms with E-state index in [1.807, 2.05) is 0 Å². The quantitative estimate of drug-likeness (QED) is 0.634. The first kappa shape index (κ1) is 20.0. The average Bonchev–Trinajstić information content (AvgIpc) is 2.98. The van der Waals surface area contributed by atoms with Crippen molar-refractivity contribution in [2.75, 3.05) is 19.0 Å². The molecule has 0 aromatic heterocycles. The zero-order valence-corrected chi connectivity index (χ0v) is 17.1. The molecule has 2 N–H and O–H groups in total. The highest BCUT2D eigenvalue weighted by Crippen LogP contribution is 2.31. The van der Waals surface area contributed by atoms with Crippen LogP contribution in [0.5, 0.6) is 11.5 Å². The Morgan fingerprint density at radius 1 is 1.25 bits per heavy atom. The lowest BCUT2D eigenvalue weighted by molar-refractivity contribution is -0.118. The summed E-state index contributed by atoms with van der Waals surface area (Å²) < 4.78 is 11.5. The number of halogens is 1. The molecule has 0 radical (unpaired) electrons. The van der Waals surface area contributed by atoms with Crippen molar-refractivity contribution < 1.29 is 23.9 Å². The van der Waals surface area contributed by atoms with Crippen LogP contribution in [0.3, 0.4) is 0 Å². The second-order valence-corrected chi connectivity index (χ2v) is 7.53. The molecule has 0 saturated carbocycles. The summed E-state index contributed by atoms with van der Waals surface area (Å²) in [7, 11) is 1.55. The Morgan fingerprint density at radius 2 is 2.07 bits per heavy atom. The predicted molar refractivity (Wildman–Crippen MR) is 110 cm³/mol. The molecule has 1 aliphatic rings. The molecule has 2 aromatic carbocycles. The van der Waals surface area contributed by atoms with E-state index in [-0.39, 0.29) is 17.4 Å². The number of anilines is 1. The van der Waals surface area contributed by atoms with Gasteiger partial charge in [0.25, 0.3) is 17.1 Å². The number of ether oxygens (including phenoxy) is 2. The molecular formula is C19H15BrN2O5S. The summed E-state index contributed by atoms with van der Waals surface area (Å²) in [6, 6.07) is 12.1. The molecule has 1 saturated heterocycles. The van der Waals surface area contributed by atoms with Crippen LogP contribution in [0.25, 0.3) is 6.08 Å². The number of carbonyl (C=O) groups is 3. The first-order valence-corrected chi connectivity index (χ1v) is 9.66. The number of rotatable bonds is 6. The SMILES string of the molecule is COc1cccc(NC(=O)COc2ccc(Br)cc2/C=C2\SC(=O)NC2=O)c1. The second-order valence-electron chi connectivity index (χ2n) is 5.60. The van der Waals surface area contributed by atoms with Crippen molar-refractivity contribution in [1.82, 2.24) is 5.32 Å². The van der Waals surface area contributed by atoms with Crippen LogP contribution in [0.2, 0.25) is 0 Å².